The molecule has 0 spiro atoms. The van der Waals surface area contributed by atoms with Gasteiger partial charge in [0.2, 0.25) is 0 Å². The van der Waals surface area contributed by atoms with Gasteiger partial charge in [-0.25, -0.2) is 4.98 Å². The van der Waals surface area contributed by atoms with Gasteiger partial charge in [-0.15, -0.1) is 11.3 Å². The summed E-state index contributed by atoms with van der Waals surface area (Å²) >= 11 is 1.69. The van der Waals surface area contributed by atoms with Crippen molar-refractivity contribution in [2.24, 2.45) is 0 Å². The molecule has 0 bridgehead atoms. The van der Waals surface area contributed by atoms with Crippen molar-refractivity contribution in [1.82, 2.24) is 14.7 Å². The van der Waals surface area contributed by atoms with Gasteiger partial charge in [0, 0.05) is 24.7 Å². The van der Waals surface area contributed by atoms with Crippen LogP contribution in [0.15, 0.2) is 11.6 Å². The molecular formula is C13H19N3OS. The first-order valence-corrected chi connectivity index (χ1v) is 7.46. The van der Waals surface area contributed by atoms with Crippen LogP contribution in [0.4, 0.5) is 0 Å². The largest absolute Gasteiger partial charge is 0.378 e. The zero-order valence-electron chi connectivity index (χ0n) is 10.7. The SMILES string of the molecule is Cc1nc2sccn2c1CNCCC1CCCO1. The van der Waals surface area contributed by atoms with Crippen LogP contribution in [0.25, 0.3) is 4.96 Å². The summed E-state index contributed by atoms with van der Waals surface area (Å²) in [7, 11) is 0. The second kappa shape index (κ2) is 5.38. The first-order valence-electron chi connectivity index (χ1n) is 6.58. The van der Waals surface area contributed by atoms with Gasteiger partial charge in [0.05, 0.1) is 17.5 Å². The van der Waals surface area contributed by atoms with Crippen LogP contribution in [0.1, 0.15) is 30.7 Å². The molecule has 1 N–H and O–H groups in total. The van der Waals surface area contributed by atoms with Crippen LogP contribution in [-0.2, 0) is 11.3 Å². The fraction of sp³-hybridized carbons (Fsp3) is 0.615. The Kier molecular flexibility index (Phi) is 3.63. The molecule has 1 aliphatic heterocycles. The molecule has 18 heavy (non-hydrogen) atoms. The molecule has 98 valence electrons. The molecule has 0 aromatic carbocycles. The molecule has 1 aliphatic rings. The molecule has 4 nitrogen and oxygen atoms in total. The second-order valence-corrected chi connectivity index (χ2v) is 5.67. The lowest BCUT2D eigenvalue weighted by Crippen LogP contribution is -2.20. The van der Waals surface area contributed by atoms with E-state index in [1.807, 2.05) is 0 Å². The van der Waals surface area contributed by atoms with Crippen molar-refractivity contribution in [3.63, 3.8) is 0 Å². The molecule has 1 atom stereocenters. The van der Waals surface area contributed by atoms with Crippen molar-refractivity contribution >= 4 is 16.3 Å². The zero-order chi connectivity index (χ0) is 12.4. The predicted molar refractivity (Wildman–Crippen MR) is 73.1 cm³/mol. The van der Waals surface area contributed by atoms with E-state index in [2.05, 4.69) is 33.2 Å². The maximum absolute atomic E-state index is 5.62. The van der Waals surface area contributed by atoms with Crippen LogP contribution < -0.4 is 5.32 Å². The molecule has 0 aliphatic carbocycles. The minimum Gasteiger partial charge on any atom is -0.378 e. The van der Waals surface area contributed by atoms with Gasteiger partial charge in [0.25, 0.3) is 0 Å². The van der Waals surface area contributed by atoms with Gasteiger partial charge in [-0.1, -0.05) is 0 Å². The lowest BCUT2D eigenvalue weighted by molar-refractivity contribution is 0.104. The van der Waals surface area contributed by atoms with E-state index in [9.17, 15) is 0 Å². The average molecular weight is 265 g/mol. The maximum atomic E-state index is 5.62. The molecule has 1 unspecified atom stereocenters. The summed E-state index contributed by atoms with van der Waals surface area (Å²) in [6.07, 6.45) is 6.14. The standard InChI is InChI=1S/C13H19N3OS/c1-10-12(16-6-8-18-13(16)15-10)9-14-5-4-11-3-2-7-17-11/h6,8,11,14H,2-5,7,9H2,1H3. The van der Waals surface area contributed by atoms with E-state index in [-0.39, 0.29) is 0 Å². The fourth-order valence-electron chi connectivity index (χ4n) is 2.50. The molecular weight excluding hydrogens is 246 g/mol. The summed E-state index contributed by atoms with van der Waals surface area (Å²) < 4.78 is 7.80. The van der Waals surface area contributed by atoms with E-state index in [4.69, 9.17) is 4.74 Å². The van der Waals surface area contributed by atoms with Gasteiger partial charge in [-0.3, -0.25) is 4.40 Å². The number of aromatic nitrogens is 2. The smallest absolute Gasteiger partial charge is 0.194 e. The van der Waals surface area contributed by atoms with Crippen molar-refractivity contribution in [1.29, 1.82) is 0 Å². The number of hydrogen-bond acceptors (Lipinski definition) is 4. The molecule has 3 heterocycles. The van der Waals surface area contributed by atoms with E-state index >= 15 is 0 Å². The molecule has 0 radical (unpaired) electrons. The first kappa shape index (κ1) is 12.1. The Balaban J connectivity index is 1.52. The lowest BCUT2D eigenvalue weighted by atomic mass is 10.2. The van der Waals surface area contributed by atoms with Crippen LogP contribution in [-0.4, -0.2) is 28.6 Å². The van der Waals surface area contributed by atoms with Crippen LogP contribution in [0, 0.1) is 6.92 Å². The Morgan fingerprint density at radius 3 is 3.39 bits per heavy atom. The highest BCUT2D eigenvalue weighted by Gasteiger charge is 2.15. The Morgan fingerprint density at radius 2 is 2.56 bits per heavy atom. The van der Waals surface area contributed by atoms with E-state index in [0.717, 1.165) is 36.8 Å². The molecule has 1 saturated heterocycles. The Bertz CT molecular complexity index is 513. The number of thiazole rings is 1. The molecule has 3 rings (SSSR count). The van der Waals surface area contributed by atoms with E-state index in [0.29, 0.717) is 6.10 Å². The van der Waals surface area contributed by atoms with Crippen molar-refractivity contribution in [3.8, 4) is 0 Å². The lowest BCUT2D eigenvalue weighted by Gasteiger charge is -2.10. The summed E-state index contributed by atoms with van der Waals surface area (Å²) in [5, 5.41) is 5.58. The zero-order valence-corrected chi connectivity index (χ0v) is 11.5. The van der Waals surface area contributed by atoms with Gasteiger partial charge in [0.15, 0.2) is 4.96 Å². The number of imidazole rings is 1. The number of fused-ring (bicyclic) bond motifs is 1. The van der Waals surface area contributed by atoms with Gasteiger partial charge in [-0.05, 0) is 32.7 Å². The number of aryl methyl sites for hydroxylation is 1. The van der Waals surface area contributed by atoms with Crippen LogP contribution in [0.5, 0.6) is 0 Å². The number of hydrogen-bond donors (Lipinski definition) is 1. The molecule has 0 saturated carbocycles. The quantitative estimate of drug-likeness (QED) is 0.844. The topological polar surface area (TPSA) is 38.6 Å². The summed E-state index contributed by atoms with van der Waals surface area (Å²) in [6.45, 7) is 4.93. The van der Waals surface area contributed by atoms with Crippen LogP contribution in [0.2, 0.25) is 0 Å². The van der Waals surface area contributed by atoms with Crippen molar-refractivity contribution in [2.45, 2.75) is 38.8 Å². The number of rotatable bonds is 5. The van der Waals surface area contributed by atoms with Crippen LogP contribution >= 0.6 is 11.3 Å². The highest BCUT2D eigenvalue weighted by atomic mass is 32.1. The normalized spacial score (nSPS) is 19.9. The van der Waals surface area contributed by atoms with Crippen LogP contribution in [0.3, 0.4) is 0 Å². The molecule has 1 fully saturated rings. The molecule has 0 amide bonds. The Labute approximate surface area is 111 Å². The average Bonchev–Trinajstić information content (AvgIpc) is 3.03. The number of nitrogens with zero attached hydrogens (tertiary/aromatic N) is 2. The molecule has 2 aromatic heterocycles. The third-order valence-electron chi connectivity index (χ3n) is 3.52. The predicted octanol–water partition coefficient (Wildman–Crippen LogP) is 2.36. The monoisotopic (exact) mass is 265 g/mol. The van der Waals surface area contributed by atoms with E-state index < -0.39 is 0 Å². The van der Waals surface area contributed by atoms with Crippen molar-refractivity contribution < 1.29 is 4.74 Å². The minimum atomic E-state index is 0.477. The van der Waals surface area contributed by atoms with Gasteiger partial charge in [0.1, 0.15) is 0 Å². The van der Waals surface area contributed by atoms with Gasteiger partial charge >= 0.3 is 0 Å². The second-order valence-electron chi connectivity index (χ2n) is 4.80. The summed E-state index contributed by atoms with van der Waals surface area (Å²) in [5.41, 5.74) is 2.41. The summed E-state index contributed by atoms with van der Waals surface area (Å²) in [4.78, 5) is 5.63. The molecule has 2 aromatic rings. The van der Waals surface area contributed by atoms with E-state index in [1.54, 1.807) is 11.3 Å². The number of ether oxygens (including phenoxy) is 1. The Morgan fingerprint density at radius 1 is 1.61 bits per heavy atom. The molecule has 5 heteroatoms. The van der Waals surface area contributed by atoms with Gasteiger partial charge < -0.3 is 10.1 Å². The highest BCUT2D eigenvalue weighted by molar-refractivity contribution is 7.15. The fourth-order valence-corrected chi connectivity index (χ4v) is 3.27. The van der Waals surface area contributed by atoms with Crippen molar-refractivity contribution in [3.05, 3.63) is 23.0 Å². The summed E-state index contributed by atoms with van der Waals surface area (Å²) in [5.74, 6) is 0. The maximum Gasteiger partial charge on any atom is 0.194 e. The summed E-state index contributed by atoms with van der Waals surface area (Å²) in [6, 6.07) is 0. The first-order chi connectivity index (χ1) is 8.84. The third-order valence-corrected chi connectivity index (χ3v) is 4.28. The number of nitrogens with one attached hydrogen (secondary N) is 1. The van der Waals surface area contributed by atoms with E-state index in [1.165, 1.54) is 18.5 Å². The van der Waals surface area contributed by atoms with Crippen molar-refractivity contribution in [2.75, 3.05) is 13.2 Å². The van der Waals surface area contributed by atoms with Gasteiger partial charge in [-0.2, -0.15) is 0 Å². The minimum absolute atomic E-state index is 0.477. The highest BCUT2D eigenvalue weighted by Crippen LogP contribution is 2.17. The Hall–Kier alpha value is -0.910. The third kappa shape index (κ3) is 2.43.